The first-order valence-corrected chi connectivity index (χ1v) is 11.9. The molecule has 0 saturated heterocycles. The van der Waals surface area contributed by atoms with E-state index in [2.05, 4.69) is 5.32 Å². The summed E-state index contributed by atoms with van der Waals surface area (Å²) in [6.07, 6.45) is 7.99. The summed E-state index contributed by atoms with van der Waals surface area (Å²) in [7, 11) is 0. The zero-order valence-electron chi connectivity index (χ0n) is 18.9. The summed E-state index contributed by atoms with van der Waals surface area (Å²) in [6.45, 7) is -2.21. The Morgan fingerprint density at radius 3 is 2.32 bits per heavy atom. The molecule has 3 N–H and O–H groups in total. The summed E-state index contributed by atoms with van der Waals surface area (Å²) in [5.41, 5.74) is 5.84. The molecular formula is C28H29F2NO3. The van der Waals surface area contributed by atoms with E-state index in [1.807, 2.05) is 36.4 Å². The molecule has 4 saturated carbocycles. The minimum atomic E-state index is -3.33. The highest BCUT2D eigenvalue weighted by Gasteiger charge is 2.51. The Morgan fingerprint density at radius 1 is 1.00 bits per heavy atom. The smallest absolute Gasteiger partial charge is 0.287 e. The van der Waals surface area contributed by atoms with Crippen molar-refractivity contribution in [3.05, 3.63) is 76.9 Å². The Labute approximate surface area is 198 Å². The highest BCUT2D eigenvalue weighted by Crippen LogP contribution is 2.62. The van der Waals surface area contributed by atoms with Crippen LogP contribution < -0.4 is 5.32 Å². The summed E-state index contributed by atoms with van der Waals surface area (Å²) < 4.78 is 26.2. The topological polar surface area (TPSA) is 69.6 Å². The van der Waals surface area contributed by atoms with Crippen LogP contribution in [-0.2, 0) is 4.79 Å². The fraction of sp³-hybridized carbons (Fsp3) is 0.393. The Kier molecular flexibility index (Phi) is 6.02. The molecule has 178 valence electrons. The van der Waals surface area contributed by atoms with E-state index in [4.69, 9.17) is 5.11 Å². The van der Waals surface area contributed by atoms with Gasteiger partial charge >= 0.3 is 0 Å². The minimum absolute atomic E-state index is 0.248. The van der Waals surface area contributed by atoms with Gasteiger partial charge in [-0.3, -0.25) is 4.79 Å². The van der Waals surface area contributed by atoms with Crippen LogP contribution in [0.15, 0.2) is 60.2 Å². The maximum atomic E-state index is 13.1. The zero-order chi connectivity index (χ0) is 23.9. The number of alkyl halides is 2. The minimum Gasteiger partial charge on any atom is -0.508 e. The van der Waals surface area contributed by atoms with Crippen LogP contribution in [0.25, 0.3) is 11.6 Å². The number of allylic oxidation sites excluding steroid dienone is 1. The summed E-state index contributed by atoms with van der Waals surface area (Å²) in [6, 6.07) is 15.4. The summed E-state index contributed by atoms with van der Waals surface area (Å²) in [5, 5.41) is 20.5. The third kappa shape index (κ3) is 4.51. The Bertz CT molecular complexity index is 1120. The van der Waals surface area contributed by atoms with Crippen LogP contribution in [0.5, 0.6) is 5.75 Å². The molecule has 0 spiro atoms. The number of hydrogen-bond acceptors (Lipinski definition) is 3. The number of aliphatic hydroxyl groups is 1. The average molecular weight is 466 g/mol. The van der Waals surface area contributed by atoms with Crippen LogP contribution in [0.4, 0.5) is 8.78 Å². The van der Waals surface area contributed by atoms with Crippen molar-refractivity contribution >= 4 is 17.6 Å². The van der Waals surface area contributed by atoms with E-state index in [0.29, 0.717) is 11.8 Å². The second kappa shape index (κ2) is 8.99. The molecule has 6 rings (SSSR count). The van der Waals surface area contributed by atoms with Crippen LogP contribution in [-0.4, -0.2) is 35.2 Å². The van der Waals surface area contributed by atoms with E-state index >= 15 is 0 Å². The number of halogens is 2. The lowest BCUT2D eigenvalue weighted by molar-refractivity contribution is -0.119. The molecular weight excluding hydrogens is 436 g/mol. The van der Waals surface area contributed by atoms with E-state index in [0.717, 1.165) is 28.5 Å². The molecule has 34 heavy (non-hydrogen) atoms. The Hall–Kier alpha value is -2.99. The summed E-state index contributed by atoms with van der Waals surface area (Å²) >= 11 is 0. The first-order valence-electron chi connectivity index (χ1n) is 11.9. The molecule has 4 fully saturated rings. The normalized spacial score (nSPS) is 26.9. The third-order valence-corrected chi connectivity index (χ3v) is 7.66. The number of benzene rings is 2. The monoisotopic (exact) mass is 465 g/mol. The lowest BCUT2D eigenvalue weighted by atomic mass is 9.75. The van der Waals surface area contributed by atoms with Crippen molar-refractivity contribution in [2.24, 2.45) is 23.7 Å². The first kappa shape index (κ1) is 22.8. The predicted molar refractivity (Wildman–Crippen MR) is 127 cm³/mol. The molecule has 4 atom stereocenters. The van der Waals surface area contributed by atoms with Crippen molar-refractivity contribution in [3.8, 4) is 5.75 Å². The van der Waals surface area contributed by atoms with Gasteiger partial charge in [-0.25, -0.2) is 8.78 Å². The number of rotatable bonds is 7. The van der Waals surface area contributed by atoms with Crippen LogP contribution >= 0.6 is 0 Å². The molecule has 4 aliphatic rings. The summed E-state index contributed by atoms with van der Waals surface area (Å²) in [5.74, 6) is -0.777. The van der Waals surface area contributed by atoms with Crippen LogP contribution in [0.1, 0.15) is 42.4 Å². The van der Waals surface area contributed by atoms with Gasteiger partial charge in [0.2, 0.25) is 5.91 Å². The van der Waals surface area contributed by atoms with Gasteiger partial charge in [0.05, 0.1) is 6.54 Å². The van der Waals surface area contributed by atoms with Crippen LogP contribution in [0.2, 0.25) is 0 Å². The lowest BCUT2D eigenvalue weighted by Crippen LogP contribution is -2.38. The van der Waals surface area contributed by atoms with Gasteiger partial charge in [-0.15, -0.1) is 0 Å². The molecule has 1 amide bonds. The predicted octanol–water partition coefficient (Wildman–Crippen LogP) is 5.02. The van der Waals surface area contributed by atoms with Gasteiger partial charge in [-0.2, -0.15) is 0 Å². The molecule has 2 aromatic rings. The number of carbonyl (C=O) groups excluding carboxylic acids is 1. The number of carbonyl (C=O) groups is 1. The van der Waals surface area contributed by atoms with Crippen LogP contribution in [0, 0.1) is 23.7 Å². The highest BCUT2D eigenvalue weighted by atomic mass is 19.3. The molecule has 4 nitrogen and oxygen atoms in total. The second-order valence-corrected chi connectivity index (χ2v) is 9.94. The molecule has 6 heteroatoms. The van der Waals surface area contributed by atoms with Gasteiger partial charge < -0.3 is 15.5 Å². The number of phenols is 1. The van der Waals surface area contributed by atoms with Gasteiger partial charge in [0, 0.05) is 6.08 Å². The fourth-order valence-electron chi connectivity index (χ4n) is 6.28. The van der Waals surface area contributed by atoms with E-state index in [-0.39, 0.29) is 5.75 Å². The Morgan fingerprint density at radius 2 is 1.68 bits per heavy atom. The molecule has 0 aromatic heterocycles. The van der Waals surface area contributed by atoms with Gasteiger partial charge in [0.25, 0.3) is 5.92 Å². The summed E-state index contributed by atoms with van der Waals surface area (Å²) in [4.78, 5) is 11.8. The van der Waals surface area contributed by atoms with E-state index in [1.54, 1.807) is 23.8 Å². The van der Waals surface area contributed by atoms with Crippen molar-refractivity contribution in [2.75, 3.05) is 13.2 Å². The maximum absolute atomic E-state index is 13.1. The number of hydrogen-bond donors (Lipinski definition) is 3. The lowest BCUT2D eigenvalue weighted by Gasteiger charge is -2.30. The number of amides is 1. The number of aliphatic hydroxyl groups excluding tert-OH is 1. The molecule has 0 radical (unpaired) electrons. The quantitative estimate of drug-likeness (QED) is 0.503. The van der Waals surface area contributed by atoms with Crippen molar-refractivity contribution in [1.29, 1.82) is 0 Å². The van der Waals surface area contributed by atoms with Crippen LogP contribution in [0.3, 0.4) is 0 Å². The molecule has 2 aromatic carbocycles. The molecule has 0 aliphatic heterocycles. The van der Waals surface area contributed by atoms with E-state index < -0.39 is 25.0 Å². The average Bonchev–Trinajstić information content (AvgIpc) is 3.26. The van der Waals surface area contributed by atoms with Crippen molar-refractivity contribution in [1.82, 2.24) is 5.32 Å². The maximum Gasteiger partial charge on any atom is 0.287 e. The number of aromatic hydroxyl groups is 1. The van der Waals surface area contributed by atoms with Gasteiger partial charge in [-0.1, -0.05) is 42.0 Å². The molecule has 4 aliphatic carbocycles. The zero-order valence-corrected chi connectivity index (χ0v) is 18.9. The molecule has 0 heterocycles. The van der Waals surface area contributed by atoms with E-state index in [9.17, 15) is 18.7 Å². The molecule has 4 bridgehead atoms. The SMILES string of the molecule is O=C(/C=C/c1ccc(/C(=C2/C3CC4CC(C3)C2C4)c2ccc(O)cc2)cc1)NCC(F)(F)CO. The largest absolute Gasteiger partial charge is 0.508 e. The standard InChI is InChI=1S/C28H29F2NO3/c29-28(30,16-32)15-31-25(34)10-3-17-1-4-19(5-2-17)26(20-6-8-23(33)9-7-20)27-22-12-18-11-21(14-22)24(27)13-18/h1-10,18,21-22,24,32-33H,11-16H2,(H,31,34)/b10-3+,27-26+. The highest BCUT2D eigenvalue weighted by molar-refractivity contribution is 5.92. The number of phenolic OH excluding ortho intramolecular Hbond substituents is 1. The van der Waals surface area contributed by atoms with Crippen molar-refractivity contribution < 1.29 is 23.8 Å². The van der Waals surface area contributed by atoms with Crippen molar-refractivity contribution in [2.45, 2.75) is 31.6 Å². The number of nitrogens with one attached hydrogen (secondary N) is 1. The first-order chi connectivity index (χ1) is 16.3. The van der Waals surface area contributed by atoms with Gasteiger partial charge in [-0.05, 0) is 89.8 Å². The third-order valence-electron chi connectivity index (χ3n) is 7.66. The fourth-order valence-corrected chi connectivity index (χ4v) is 6.28. The van der Waals surface area contributed by atoms with Crippen molar-refractivity contribution in [3.63, 3.8) is 0 Å². The van der Waals surface area contributed by atoms with Gasteiger partial charge in [0.1, 0.15) is 12.4 Å². The second-order valence-electron chi connectivity index (χ2n) is 9.94. The Balaban J connectivity index is 1.40. The molecule has 4 unspecified atom stereocenters. The van der Waals surface area contributed by atoms with E-state index in [1.165, 1.54) is 37.3 Å². The van der Waals surface area contributed by atoms with Gasteiger partial charge in [0.15, 0.2) is 0 Å².